The predicted octanol–water partition coefficient (Wildman–Crippen LogP) is 4.21. The molecule has 0 aromatic heterocycles. The van der Waals surface area contributed by atoms with Crippen molar-refractivity contribution in [2.75, 3.05) is 6.61 Å². The number of hydrogen-bond acceptors (Lipinski definition) is 4. The number of amides is 2. The average Bonchev–Trinajstić information content (AvgIpc) is 3.06. The molecule has 34 heavy (non-hydrogen) atoms. The van der Waals surface area contributed by atoms with E-state index in [9.17, 15) is 19.5 Å². The van der Waals surface area contributed by atoms with E-state index in [0.717, 1.165) is 41.5 Å². The molecule has 0 heterocycles. The van der Waals surface area contributed by atoms with Crippen LogP contribution >= 0.6 is 0 Å². The highest BCUT2D eigenvalue weighted by Gasteiger charge is 2.62. The van der Waals surface area contributed by atoms with Crippen LogP contribution in [-0.4, -0.2) is 40.8 Å². The molecule has 3 aliphatic rings. The molecule has 2 aromatic rings. The highest BCUT2D eigenvalue weighted by Crippen LogP contribution is 2.60. The summed E-state index contributed by atoms with van der Waals surface area (Å²) in [6.07, 6.45) is 3.52. The first-order chi connectivity index (χ1) is 16.1. The number of fused-ring (bicyclic) bond motifs is 3. The highest BCUT2D eigenvalue weighted by atomic mass is 16.5. The Morgan fingerprint density at radius 1 is 1.00 bits per heavy atom. The summed E-state index contributed by atoms with van der Waals surface area (Å²) in [7, 11) is 0. The number of alkyl carbamates (subject to hydrolysis) is 1. The first-order valence-electron chi connectivity index (χ1n) is 11.8. The lowest BCUT2D eigenvalue weighted by molar-refractivity contribution is -0.153. The van der Waals surface area contributed by atoms with E-state index in [2.05, 4.69) is 34.9 Å². The topological polar surface area (TPSA) is 105 Å². The summed E-state index contributed by atoms with van der Waals surface area (Å²) in [5, 5.41) is 14.9. The van der Waals surface area contributed by atoms with Gasteiger partial charge >= 0.3 is 12.1 Å². The van der Waals surface area contributed by atoms with Crippen molar-refractivity contribution in [3.63, 3.8) is 0 Å². The van der Waals surface area contributed by atoms with Gasteiger partial charge in [0.15, 0.2) is 0 Å². The third kappa shape index (κ3) is 3.63. The van der Waals surface area contributed by atoms with E-state index in [4.69, 9.17) is 4.74 Å². The van der Waals surface area contributed by atoms with Crippen molar-refractivity contribution < 1.29 is 24.2 Å². The number of benzene rings is 2. The largest absolute Gasteiger partial charge is 0.480 e. The van der Waals surface area contributed by atoms with Crippen LogP contribution in [-0.2, 0) is 14.3 Å². The Bertz CT molecular complexity index is 1110. The summed E-state index contributed by atoms with van der Waals surface area (Å²) in [6.45, 7) is 3.03. The van der Waals surface area contributed by atoms with Crippen LogP contribution in [0, 0.1) is 5.41 Å². The molecule has 0 atom stereocenters. The van der Waals surface area contributed by atoms with E-state index in [1.165, 1.54) is 13.8 Å². The van der Waals surface area contributed by atoms with Gasteiger partial charge in [0.05, 0.1) is 0 Å². The van der Waals surface area contributed by atoms with Crippen molar-refractivity contribution in [1.82, 2.24) is 10.6 Å². The van der Waals surface area contributed by atoms with E-state index in [1.807, 2.05) is 24.3 Å². The first kappa shape index (κ1) is 22.4. The number of carboxylic acid groups (broad SMARTS) is 1. The van der Waals surface area contributed by atoms with Gasteiger partial charge in [-0.25, -0.2) is 9.59 Å². The quantitative estimate of drug-likeness (QED) is 0.597. The number of carbonyl (C=O) groups excluding carboxylic acids is 2. The van der Waals surface area contributed by atoms with Gasteiger partial charge in [0.1, 0.15) is 17.7 Å². The van der Waals surface area contributed by atoms with Gasteiger partial charge in [-0.05, 0) is 67.2 Å². The zero-order chi connectivity index (χ0) is 24.1. The van der Waals surface area contributed by atoms with Crippen molar-refractivity contribution in [3.8, 4) is 11.1 Å². The maximum absolute atomic E-state index is 13.2. The molecule has 3 N–H and O–H groups in total. The fourth-order valence-corrected chi connectivity index (χ4v) is 5.85. The second-order valence-electron chi connectivity index (χ2n) is 10.6. The van der Waals surface area contributed by atoms with E-state index in [0.29, 0.717) is 12.8 Å². The van der Waals surface area contributed by atoms with Crippen LogP contribution in [0.1, 0.15) is 63.0 Å². The molecule has 0 radical (unpaired) electrons. The maximum atomic E-state index is 13.2. The zero-order valence-corrected chi connectivity index (χ0v) is 19.5. The van der Waals surface area contributed by atoms with Crippen LogP contribution in [0.3, 0.4) is 0 Å². The molecule has 3 aliphatic carbocycles. The number of nitrogens with one attached hydrogen (secondary N) is 2. The molecule has 2 fully saturated rings. The normalized spacial score (nSPS) is 19.2. The molecular formula is C27H30N2O5. The number of carbonyl (C=O) groups is 3. The molecule has 1 spiro atoms. The molecule has 7 heteroatoms. The first-order valence-corrected chi connectivity index (χ1v) is 11.8. The fourth-order valence-electron chi connectivity index (χ4n) is 5.85. The van der Waals surface area contributed by atoms with Gasteiger partial charge in [-0.1, -0.05) is 55.0 Å². The average molecular weight is 463 g/mol. The maximum Gasteiger partial charge on any atom is 0.408 e. The third-order valence-electron chi connectivity index (χ3n) is 7.85. The molecular weight excluding hydrogens is 432 g/mol. The van der Waals surface area contributed by atoms with Crippen LogP contribution in [0.15, 0.2) is 48.5 Å². The number of hydrogen-bond donors (Lipinski definition) is 3. The zero-order valence-electron chi connectivity index (χ0n) is 19.5. The second-order valence-corrected chi connectivity index (χ2v) is 10.6. The Balaban J connectivity index is 1.30. The summed E-state index contributed by atoms with van der Waals surface area (Å²) >= 11 is 0. The summed E-state index contributed by atoms with van der Waals surface area (Å²) < 4.78 is 5.67. The van der Waals surface area contributed by atoms with Gasteiger partial charge in [0, 0.05) is 5.92 Å². The number of rotatable bonds is 6. The van der Waals surface area contributed by atoms with E-state index < -0.39 is 29.0 Å². The Kier molecular flexibility index (Phi) is 5.19. The second kappa shape index (κ2) is 7.86. The third-order valence-corrected chi connectivity index (χ3v) is 7.85. The minimum absolute atomic E-state index is 0.0708. The SMILES string of the molecule is CC(C)(NC(=O)C1(NC(=O)OCC2c3ccccc3-c3ccccc32)CC2(CCC2)C1)C(=O)O. The minimum atomic E-state index is -1.44. The summed E-state index contributed by atoms with van der Waals surface area (Å²) in [5.41, 5.74) is 2.01. The molecule has 0 bridgehead atoms. The van der Waals surface area contributed by atoms with Crippen molar-refractivity contribution in [1.29, 1.82) is 0 Å². The lowest BCUT2D eigenvalue weighted by Gasteiger charge is -2.60. The van der Waals surface area contributed by atoms with Gasteiger partial charge in [0.25, 0.3) is 0 Å². The van der Waals surface area contributed by atoms with Crippen LogP contribution in [0.5, 0.6) is 0 Å². The van der Waals surface area contributed by atoms with Gasteiger partial charge in [-0.2, -0.15) is 0 Å². The van der Waals surface area contributed by atoms with Gasteiger partial charge in [0.2, 0.25) is 5.91 Å². The molecule has 0 saturated heterocycles. The lowest BCUT2D eigenvalue weighted by Crippen LogP contribution is -2.72. The van der Waals surface area contributed by atoms with Gasteiger partial charge in [-0.15, -0.1) is 0 Å². The number of ether oxygens (including phenoxy) is 1. The van der Waals surface area contributed by atoms with Crippen molar-refractivity contribution in [2.45, 2.75) is 62.9 Å². The molecule has 0 aliphatic heterocycles. The Hall–Kier alpha value is -3.35. The van der Waals surface area contributed by atoms with E-state index >= 15 is 0 Å². The highest BCUT2D eigenvalue weighted by molar-refractivity contribution is 5.95. The number of carboxylic acids is 1. The van der Waals surface area contributed by atoms with E-state index in [-0.39, 0.29) is 17.9 Å². The Morgan fingerprint density at radius 2 is 1.56 bits per heavy atom. The minimum Gasteiger partial charge on any atom is -0.480 e. The van der Waals surface area contributed by atoms with Crippen LogP contribution in [0.2, 0.25) is 0 Å². The monoisotopic (exact) mass is 462 g/mol. The van der Waals surface area contributed by atoms with Gasteiger partial charge in [-0.3, -0.25) is 4.79 Å². The van der Waals surface area contributed by atoms with E-state index in [1.54, 1.807) is 0 Å². The van der Waals surface area contributed by atoms with Crippen LogP contribution < -0.4 is 10.6 Å². The van der Waals surface area contributed by atoms with Crippen molar-refractivity contribution >= 4 is 18.0 Å². The molecule has 2 saturated carbocycles. The van der Waals surface area contributed by atoms with Crippen LogP contribution in [0.4, 0.5) is 4.79 Å². The predicted molar refractivity (Wildman–Crippen MR) is 126 cm³/mol. The molecule has 7 nitrogen and oxygen atoms in total. The standard InChI is InChI=1S/C27H30N2O5/c1-25(2,23(31)32)28-22(30)27(15-26(16-27)12-7-13-26)29-24(33)34-14-21-19-10-5-3-8-17(19)18-9-4-6-11-20(18)21/h3-6,8-11,21H,7,12-16H2,1-2H3,(H,28,30)(H,29,33)(H,31,32). The van der Waals surface area contributed by atoms with Crippen LogP contribution in [0.25, 0.3) is 11.1 Å². The summed E-state index contributed by atoms with van der Waals surface area (Å²) in [5.74, 6) is -1.67. The van der Waals surface area contributed by atoms with Crippen molar-refractivity contribution in [3.05, 3.63) is 59.7 Å². The summed E-state index contributed by atoms with van der Waals surface area (Å²) in [4.78, 5) is 37.6. The molecule has 2 aromatic carbocycles. The summed E-state index contributed by atoms with van der Waals surface area (Å²) in [6, 6.07) is 16.2. The molecule has 0 unspecified atom stereocenters. The fraction of sp³-hybridized carbons (Fsp3) is 0.444. The molecule has 178 valence electrons. The molecule has 5 rings (SSSR count). The Morgan fingerprint density at radius 3 is 2.06 bits per heavy atom. The smallest absolute Gasteiger partial charge is 0.408 e. The van der Waals surface area contributed by atoms with Gasteiger partial charge < -0.3 is 20.5 Å². The van der Waals surface area contributed by atoms with Crippen molar-refractivity contribution in [2.24, 2.45) is 5.41 Å². The lowest BCUT2D eigenvalue weighted by atomic mass is 9.48. The Labute approximate surface area is 198 Å². The number of aliphatic carboxylic acids is 1. The molecule has 2 amide bonds.